The second kappa shape index (κ2) is 8.49. The highest BCUT2D eigenvalue weighted by atomic mass is 19.1. The molecule has 1 fully saturated rings. The molecule has 2 heteroatoms. The molecule has 0 spiro atoms. The zero-order chi connectivity index (χ0) is 9.56. The highest BCUT2D eigenvalue weighted by Gasteiger charge is 2.24. The minimum absolute atomic E-state index is 0. The Hall–Kier alpha value is -0.110. The molecule has 1 rings (SSSR count). The minimum atomic E-state index is -0.539. The van der Waals surface area contributed by atoms with Crippen LogP contribution in [0, 0.1) is 11.8 Å². The first kappa shape index (κ1) is 15.4. The molecule has 0 saturated heterocycles. The average Bonchev–Trinajstić information content (AvgIpc) is 2.24. The largest absolute Gasteiger partial charge is 0.412 e. The Morgan fingerprint density at radius 3 is 1.54 bits per heavy atom. The molecule has 1 nitrogen and oxygen atoms in total. The van der Waals surface area contributed by atoms with Crippen LogP contribution in [0.4, 0.5) is 4.39 Å². The fourth-order valence-corrected chi connectivity index (χ4v) is 1.81. The molecule has 82 valence electrons. The summed E-state index contributed by atoms with van der Waals surface area (Å²) < 4.78 is 13.2. The molecule has 1 aliphatic carbocycles. The van der Waals surface area contributed by atoms with E-state index in [-0.39, 0.29) is 5.48 Å². The SMILES string of the molecule is CC.CC1CCCCC(C)C1F.O. The molecule has 2 unspecified atom stereocenters. The van der Waals surface area contributed by atoms with E-state index >= 15 is 0 Å². The lowest BCUT2D eigenvalue weighted by atomic mass is 9.94. The van der Waals surface area contributed by atoms with E-state index in [0.717, 1.165) is 12.8 Å². The number of halogens is 1. The number of hydrogen-bond donors (Lipinski definition) is 0. The monoisotopic (exact) mass is 192 g/mol. The maximum absolute atomic E-state index is 13.2. The first-order valence-corrected chi connectivity index (χ1v) is 5.36. The molecular weight excluding hydrogens is 167 g/mol. The van der Waals surface area contributed by atoms with Gasteiger partial charge < -0.3 is 5.48 Å². The van der Waals surface area contributed by atoms with Crippen molar-refractivity contribution in [3.63, 3.8) is 0 Å². The van der Waals surface area contributed by atoms with Crippen molar-refractivity contribution in [2.75, 3.05) is 0 Å². The Morgan fingerprint density at radius 2 is 1.23 bits per heavy atom. The summed E-state index contributed by atoms with van der Waals surface area (Å²) in [6.07, 6.45) is 4.09. The van der Waals surface area contributed by atoms with E-state index in [9.17, 15) is 4.39 Å². The quantitative estimate of drug-likeness (QED) is 0.527. The van der Waals surface area contributed by atoms with Gasteiger partial charge >= 0.3 is 0 Å². The van der Waals surface area contributed by atoms with Gasteiger partial charge in [0.05, 0.1) is 0 Å². The molecular formula is C11H25FO. The third-order valence-electron chi connectivity index (χ3n) is 2.66. The van der Waals surface area contributed by atoms with Crippen LogP contribution in [0.1, 0.15) is 53.4 Å². The smallest absolute Gasteiger partial charge is 0.105 e. The van der Waals surface area contributed by atoms with Gasteiger partial charge in [0.2, 0.25) is 0 Å². The first-order chi connectivity index (χ1) is 5.72. The first-order valence-electron chi connectivity index (χ1n) is 5.36. The van der Waals surface area contributed by atoms with Crippen molar-refractivity contribution in [3.8, 4) is 0 Å². The van der Waals surface area contributed by atoms with Crippen molar-refractivity contribution in [1.82, 2.24) is 0 Å². The van der Waals surface area contributed by atoms with Crippen molar-refractivity contribution < 1.29 is 9.87 Å². The Labute approximate surface area is 82.0 Å². The zero-order valence-electron chi connectivity index (χ0n) is 9.44. The van der Waals surface area contributed by atoms with E-state index in [0.29, 0.717) is 11.8 Å². The van der Waals surface area contributed by atoms with Gasteiger partial charge in [0.15, 0.2) is 0 Å². The number of rotatable bonds is 0. The van der Waals surface area contributed by atoms with Crippen LogP contribution >= 0.6 is 0 Å². The topological polar surface area (TPSA) is 31.5 Å². The summed E-state index contributed by atoms with van der Waals surface area (Å²) in [4.78, 5) is 0. The predicted octanol–water partition coefficient (Wildman–Crippen LogP) is 3.37. The summed E-state index contributed by atoms with van der Waals surface area (Å²) in [5, 5.41) is 0. The van der Waals surface area contributed by atoms with Gasteiger partial charge in [-0.25, -0.2) is 4.39 Å². The molecule has 0 aromatic rings. The summed E-state index contributed by atoms with van der Waals surface area (Å²) in [5.74, 6) is 0.606. The third kappa shape index (κ3) is 5.25. The van der Waals surface area contributed by atoms with Crippen LogP contribution in [0.15, 0.2) is 0 Å². The lowest BCUT2D eigenvalue weighted by Crippen LogP contribution is -2.18. The maximum Gasteiger partial charge on any atom is 0.105 e. The summed E-state index contributed by atoms with van der Waals surface area (Å²) in [7, 11) is 0. The molecule has 1 saturated carbocycles. The maximum atomic E-state index is 13.2. The van der Waals surface area contributed by atoms with Crippen LogP contribution in [0.5, 0.6) is 0 Å². The molecule has 2 N–H and O–H groups in total. The molecule has 0 amide bonds. The second-order valence-electron chi connectivity index (χ2n) is 3.68. The van der Waals surface area contributed by atoms with E-state index in [2.05, 4.69) is 0 Å². The van der Waals surface area contributed by atoms with E-state index in [4.69, 9.17) is 0 Å². The van der Waals surface area contributed by atoms with Crippen LogP contribution in [-0.2, 0) is 0 Å². The molecule has 2 atom stereocenters. The predicted molar refractivity (Wildman–Crippen MR) is 56.7 cm³/mol. The number of hydrogen-bond acceptors (Lipinski definition) is 0. The highest BCUT2D eigenvalue weighted by molar-refractivity contribution is 4.74. The zero-order valence-corrected chi connectivity index (χ0v) is 9.44. The van der Waals surface area contributed by atoms with Gasteiger partial charge in [0.1, 0.15) is 6.17 Å². The fraction of sp³-hybridized carbons (Fsp3) is 1.00. The van der Waals surface area contributed by atoms with Crippen LogP contribution in [0.2, 0.25) is 0 Å². The van der Waals surface area contributed by atoms with Crippen LogP contribution in [0.25, 0.3) is 0 Å². The van der Waals surface area contributed by atoms with E-state index < -0.39 is 6.17 Å². The minimum Gasteiger partial charge on any atom is -0.412 e. The van der Waals surface area contributed by atoms with Crippen molar-refractivity contribution in [2.45, 2.75) is 59.5 Å². The standard InChI is InChI=1S/C9H17F.C2H6.H2O/c1-7-5-3-4-6-8(2)9(7)10;1-2;/h7-9H,3-6H2,1-2H3;1-2H3;1H2. The highest BCUT2D eigenvalue weighted by Crippen LogP contribution is 2.29. The van der Waals surface area contributed by atoms with E-state index in [1.807, 2.05) is 27.7 Å². The molecule has 0 radical (unpaired) electrons. The third-order valence-corrected chi connectivity index (χ3v) is 2.66. The van der Waals surface area contributed by atoms with E-state index in [1.54, 1.807) is 0 Å². The van der Waals surface area contributed by atoms with Gasteiger partial charge in [-0.1, -0.05) is 40.5 Å². The molecule has 1 aliphatic rings. The van der Waals surface area contributed by atoms with Gasteiger partial charge in [-0.15, -0.1) is 0 Å². The Balaban J connectivity index is 0. The van der Waals surface area contributed by atoms with E-state index in [1.165, 1.54) is 12.8 Å². The van der Waals surface area contributed by atoms with Crippen LogP contribution in [0.3, 0.4) is 0 Å². The summed E-state index contributed by atoms with van der Waals surface area (Å²) >= 11 is 0. The summed E-state index contributed by atoms with van der Waals surface area (Å²) in [5.41, 5.74) is 0. The van der Waals surface area contributed by atoms with Gasteiger partial charge in [-0.3, -0.25) is 0 Å². The molecule has 0 bridgehead atoms. The van der Waals surface area contributed by atoms with Crippen molar-refractivity contribution in [1.29, 1.82) is 0 Å². The second-order valence-corrected chi connectivity index (χ2v) is 3.68. The van der Waals surface area contributed by atoms with Gasteiger partial charge in [0, 0.05) is 0 Å². The Morgan fingerprint density at radius 1 is 0.923 bits per heavy atom. The lowest BCUT2D eigenvalue weighted by Gasteiger charge is -2.17. The fourth-order valence-electron chi connectivity index (χ4n) is 1.81. The Bertz CT molecular complexity index is 94.3. The van der Waals surface area contributed by atoms with Crippen molar-refractivity contribution in [3.05, 3.63) is 0 Å². The van der Waals surface area contributed by atoms with Gasteiger partial charge in [0.25, 0.3) is 0 Å². The molecule has 0 aromatic heterocycles. The average molecular weight is 192 g/mol. The summed E-state index contributed by atoms with van der Waals surface area (Å²) in [6, 6.07) is 0. The number of alkyl halides is 1. The van der Waals surface area contributed by atoms with Crippen LogP contribution in [-0.4, -0.2) is 11.6 Å². The van der Waals surface area contributed by atoms with Crippen molar-refractivity contribution in [2.24, 2.45) is 11.8 Å². The van der Waals surface area contributed by atoms with Gasteiger partial charge in [-0.2, -0.15) is 0 Å². The molecule has 13 heavy (non-hydrogen) atoms. The molecule has 0 aliphatic heterocycles. The van der Waals surface area contributed by atoms with Crippen molar-refractivity contribution >= 4 is 0 Å². The molecule has 0 aromatic carbocycles. The Kier molecular flexibility index (Phi) is 10.0. The lowest BCUT2D eigenvalue weighted by molar-refractivity contribution is 0.172. The molecule has 0 heterocycles. The van der Waals surface area contributed by atoms with Gasteiger partial charge in [-0.05, 0) is 24.7 Å². The normalized spacial score (nSPS) is 33.5. The summed E-state index contributed by atoms with van der Waals surface area (Å²) in [6.45, 7) is 8.07. The van der Waals surface area contributed by atoms with Crippen LogP contribution < -0.4 is 0 Å².